The Balaban J connectivity index is 1.86. The predicted octanol–water partition coefficient (Wildman–Crippen LogP) is -1.66. The average Bonchev–Trinajstić information content (AvgIpc) is 4.08. The van der Waals surface area contributed by atoms with Gasteiger partial charge in [-0.25, -0.2) is 9.36 Å². The van der Waals surface area contributed by atoms with Crippen LogP contribution in [0.3, 0.4) is 0 Å². The molecule has 6 amide bonds. The Bertz CT molecular complexity index is 2100. The second-order valence-corrected chi connectivity index (χ2v) is 20.1. The summed E-state index contributed by atoms with van der Waals surface area (Å²) in [5.41, 5.74) is -0.0699. The number of esters is 1. The number of nitrogens with one attached hydrogen (secondary N) is 5. The molecule has 2 fully saturated rings. The van der Waals surface area contributed by atoms with E-state index in [0.29, 0.717) is 66.1 Å². The fourth-order valence-electron chi connectivity index (χ4n) is 8.06. The van der Waals surface area contributed by atoms with Crippen molar-refractivity contribution in [1.82, 2.24) is 31.5 Å². The van der Waals surface area contributed by atoms with Crippen molar-refractivity contribution in [3.05, 3.63) is 23.8 Å². The van der Waals surface area contributed by atoms with Gasteiger partial charge in [0, 0.05) is 38.8 Å². The second-order valence-electron chi connectivity index (χ2n) is 18.9. The molecule has 31 heteroatoms. The van der Waals surface area contributed by atoms with Crippen LogP contribution in [0, 0.1) is 5.92 Å². The van der Waals surface area contributed by atoms with Crippen LogP contribution in [0.15, 0.2) is 18.2 Å². The maximum atomic E-state index is 14.7. The first-order chi connectivity index (χ1) is 39.3. The van der Waals surface area contributed by atoms with Gasteiger partial charge in [0.2, 0.25) is 23.6 Å². The van der Waals surface area contributed by atoms with Crippen LogP contribution in [-0.2, 0) is 85.2 Å². The number of aliphatic hydroxyl groups excluding tert-OH is 1. The Morgan fingerprint density at radius 1 is 0.720 bits per heavy atom. The molecule has 3 rings (SSSR count). The zero-order valence-corrected chi connectivity index (χ0v) is 48.5. The van der Waals surface area contributed by atoms with E-state index in [1.807, 2.05) is 0 Å². The molecule has 0 radical (unpaired) electrons. The van der Waals surface area contributed by atoms with E-state index in [1.54, 1.807) is 28.1 Å². The number of hydrogen-bond acceptors (Lipinski definition) is 22. The van der Waals surface area contributed by atoms with Crippen LogP contribution in [0.1, 0.15) is 63.2 Å². The number of carbonyl (C=O) groups is 7. The highest BCUT2D eigenvalue weighted by molar-refractivity contribution is 7.46. The van der Waals surface area contributed by atoms with Crippen molar-refractivity contribution in [2.24, 2.45) is 5.92 Å². The number of nitrogens with zero attached hydrogens (tertiary/aromatic N) is 1. The highest BCUT2D eigenvalue weighted by Crippen LogP contribution is 2.39. The smallest absolute Gasteiger partial charge is 0.469 e. The maximum absolute atomic E-state index is 14.7. The molecule has 0 bridgehead atoms. The van der Waals surface area contributed by atoms with Crippen LogP contribution in [0.4, 0.5) is 0 Å². The van der Waals surface area contributed by atoms with Crippen molar-refractivity contribution in [2.45, 2.75) is 95.4 Å². The van der Waals surface area contributed by atoms with Gasteiger partial charge in [-0.1, -0.05) is 13.8 Å². The largest absolute Gasteiger partial charge is 0.491 e. The van der Waals surface area contributed by atoms with Gasteiger partial charge in [0.05, 0.1) is 119 Å². The summed E-state index contributed by atoms with van der Waals surface area (Å²) in [6.45, 7) is 7.88. The molecule has 468 valence electrons. The van der Waals surface area contributed by atoms with Gasteiger partial charge in [0.25, 0.3) is 11.8 Å². The van der Waals surface area contributed by atoms with E-state index in [-0.39, 0.29) is 108 Å². The molecule has 0 saturated carbocycles. The molecule has 0 aromatic heterocycles. The monoisotopic (exact) mass is 1200 g/mol. The molecule has 1 aromatic rings. The lowest BCUT2D eigenvalue weighted by atomic mass is 10.0. The normalized spacial score (nSPS) is 20.2. The summed E-state index contributed by atoms with van der Waals surface area (Å²) in [4.78, 5) is 118. The number of methoxy groups -OCH3 is 3. The molecule has 1 aromatic carbocycles. The summed E-state index contributed by atoms with van der Waals surface area (Å²) in [5, 5.41) is 23.0. The number of fused-ring (bicyclic) bond motifs is 1. The molecule has 0 unspecified atom stereocenters. The third kappa shape index (κ3) is 27.9. The maximum Gasteiger partial charge on any atom is 0.469 e. The predicted molar refractivity (Wildman–Crippen MR) is 286 cm³/mol. The molecule has 2 aliphatic rings. The van der Waals surface area contributed by atoms with Crippen LogP contribution in [0.25, 0.3) is 0 Å². The molecular weight excluding hydrogens is 1110 g/mol. The Hall–Kier alpha value is -5.18. The zero-order chi connectivity index (χ0) is 60.3. The van der Waals surface area contributed by atoms with Gasteiger partial charge in [-0.05, 0) is 50.7 Å². The first-order valence-electron chi connectivity index (χ1n) is 27.0. The molecule has 7 atom stereocenters. The summed E-state index contributed by atoms with van der Waals surface area (Å²) in [6.07, 6.45) is -3.69. The topological polar surface area (TPSA) is 381 Å². The van der Waals surface area contributed by atoms with E-state index in [4.69, 9.17) is 61.4 Å². The minimum absolute atomic E-state index is 0.00824. The van der Waals surface area contributed by atoms with Crippen LogP contribution < -0.4 is 36.1 Å². The number of carbonyl (C=O) groups excluding carboxylic acids is 7. The zero-order valence-electron chi connectivity index (χ0n) is 47.6. The van der Waals surface area contributed by atoms with Crippen molar-refractivity contribution in [3.8, 4) is 11.5 Å². The van der Waals surface area contributed by atoms with Gasteiger partial charge >= 0.3 is 13.8 Å². The Kier molecular flexibility index (Phi) is 34.8. The highest BCUT2D eigenvalue weighted by atomic mass is 31.2. The van der Waals surface area contributed by atoms with E-state index in [0.717, 1.165) is 18.9 Å². The number of benzene rings is 1. The lowest BCUT2D eigenvalue weighted by Crippen LogP contribution is -2.63. The summed E-state index contributed by atoms with van der Waals surface area (Å²) in [6, 6.07) is -3.77. The molecule has 8 N–H and O–H groups in total. The lowest BCUT2D eigenvalue weighted by Gasteiger charge is -2.35. The van der Waals surface area contributed by atoms with Crippen LogP contribution in [0.5, 0.6) is 11.5 Å². The first kappa shape index (κ1) is 71.1. The van der Waals surface area contributed by atoms with Crippen LogP contribution in [0.2, 0.25) is 0 Å². The van der Waals surface area contributed by atoms with Crippen molar-refractivity contribution in [3.63, 3.8) is 0 Å². The molecule has 2 aliphatic heterocycles. The summed E-state index contributed by atoms with van der Waals surface area (Å²) in [7, 11) is -1.09. The molecule has 0 spiro atoms. The summed E-state index contributed by atoms with van der Waals surface area (Å²) in [5.74, 6) is -6.30. The molecule has 0 aliphatic carbocycles. The van der Waals surface area contributed by atoms with E-state index < -0.39 is 98.4 Å². The number of phosphoric ester groups is 1. The first-order valence-corrected chi connectivity index (χ1v) is 28.5. The average molecular weight is 1200 g/mol. The quantitative estimate of drug-likeness (QED) is 0.0210. The molecular formula is C51H85N6O24P. The number of amides is 6. The van der Waals surface area contributed by atoms with Crippen molar-refractivity contribution < 1.29 is 114 Å². The van der Waals surface area contributed by atoms with E-state index in [2.05, 4.69) is 26.6 Å². The van der Waals surface area contributed by atoms with Crippen LogP contribution >= 0.6 is 7.82 Å². The fourth-order valence-corrected chi connectivity index (χ4v) is 8.62. The van der Waals surface area contributed by atoms with Crippen molar-refractivity contribution in [1.29, 1.82) is 0 Å². The van der Waals surface area contributed by atoms with E-state index >= 15 is 0 Å². The Morgan fingerprint density at radius 2 is 1.24 bits per heavy atom. The van der Waals surface area contributed by atoms with Gasteiger partial charge < -0.3 is 103 Å². The van der Waals surface area contributed by atoms with Gasteiger partial charge in [-0.15, -0.1) is 0 Å². The lowest BCUT2D eigenvalue weighted by molar-refractivity contribution is -0.156. The van der Waals surface area contributed by atoms with Gasteiger partial charge in [0.15, 0.2) is 0 Å². The minimum atomic E-state index is -5.39. The highest BCUT2D eigenvalue weighted by Gasteiger charge is 2.47. The standard InChI is InChI=1S/C51H85N6O24P/c1-34(2)29-40(51(65)71-6)54-49(63)42-8-10-44-57(42)50(64)45(35(3)81-82(66,67)68)56-48(62)41(33-58)55-47(61)39(7-9-43(59)52-11-12-80-44)53-46(60)36-30-37(78-27-25-76-23-21-74-19-17-72-15-13-69-4)32-38(31-36)79-28-26-77-24-22-75-20-18-73-16-14-70-5/h30-32,34-35,39-42,44-45,58H,7-29,33H2,1-6H3,(H,52,59)(H,53,60)(H,54,63)(H,55,61)(H,56,62)(H2,66,67,68)/t35-,39+,40+,41+,42+,44-,45+/m1/s1. The van der Waals surface area contributed by atoms with Crippen molar-refractivity contribution >= 4 is 49.2 Å². The van der Waals surface area contributed by atoms with Gasteiger partial charge in [0.1, 0.15) is 61.1 Å². The van der Waals surface area contributed by atoms with Crippen molar-refractivity contribution in [2.75, 3.05) is 147 Å². The fraction of sp³-hybridized carbons (Fsp3) is 0.745. The van der Waals surface area contributed by atoms with Gasteiger partial charge in [-0.3, -0.25) is 33.3 Å². The Labute approximate surface area is 477 Å². The SMILES string of the molecule is COCCOCCOCCOCCOc1cc(OCCOCCOCCOCCOC)cc(C(=O)N[C@H]2CCC(=O)NCCO[C@@H]3CC[C@@H](C(=O)N[C@@H](CC(C)C)C(=O)OC)N3C(=O)[C@H]([C@@H](C)OP(=O)(O)O)NC(=O)[C@H](CO)NC2=O)c1. The number of phosphoric acid groups is 1. The number of aliphatic hydroxyl groups is 1. The molecule has 82 heavy (non-hydrogen) atoms. The number of ether oxygens (including phenoxy) is 12. The van der Waals surface area contributed by atoms with E-state index in [1.165, 1.54) is 18.2 Å². The third-order valence-electron chi connectivity index (χ3n) is 12.1. The van der Waals surface area contributed by atoms with Gasteiger partial charge in [-0.2, -0.15) is 0 Å². The molecule has 2 saturated heterocycles. The molecule has 2 heterocycles. The van der Waals surface area contributed by atoms with Crippen LogP contribution in [-0.4, -0.2) is 251 Å². The Morgan fingerprint density at radius 3 is 1.73 bits per heavy atom. The van der Waals surface area contributed by atoms with E-state index in [9.17, 15) is 53.0 Å². The molecule has 30 nitrogen and oxygen atoms in total. The second kappa shape index (κ2) is 40.1. The third-order valence-corrected chi connectivity index (χ3v) is 12.7. The summed E-state index contributed by atoms with van der Waals surface area (Å²) < 4.78 is 82.6. The number of rotatable bonds is 37. The summed E-state index contributed by atoms with van der Waals surface area (Å²) >= 11 is 0. The minimum Gasteiger partial charge on any atom is -0.491 e. The number of hydrogen-bond donors (Lipinski definition) is 8.